The first-order chi connectivity index (χ1) is 7.58. The van der Waals surface area contributed by atoms with Gasteiger partial charge in [-0.2, -0.15) is 0 Å². The van der Waals surface area contributed by atoms with Gasteiger partial charge in [0.05, 0.1) is 0 Å². The number of aromatic nitrogens is 2. The van der Waals surface area contributed by atoms with Crippen LogP contribution in [0, 0.1) is 0 Å². The molecule has 5 heteroatoms. The summed E-state index contributed by atoms with van der Waals surface area (Å²) in [7, 11) is 2.17. The highest BCUT2D eigenvalue weighted by molar-refractivity contribution is 5.46. The Labute approximate surface area is 96.3 Å². The summed E-state index contributed by atoms with van der Waals surface area (Å²) < 4.78 is 0. The molecule has 2 rings (SSSR count). The molecule has 88 valence electrons. The molecule has 1 fully saturated rings. The number of nitrogens with two attached hydrogens (primary N) is 1. The summed E-state index contributed by atoms with van der Waals surface area (Å²) >= 11 is 0. The Morgan fingerprint density at radius 2 is 1.88 bits per heavy atom. The first-order valence-electron chi connectivity index (χ1n) is 5.62. The van der Waals surface area contributed by atoms with Gasteiger partial charge in [0.25, 0.3) is 0 Å². The van der Waals surface area contributed by atoms with Crippen molar-refractivity contribution in [3.8, 4) is 0 Å². The molecule has 0 bridgehead atoms. The second-order valence-corrected chi connectivity index (χ2v) is 4.57. The molecule has 0 unspecified atom stereocenters. The zero-order chi connectivity index (χ0) is 11.7. The second kappa shape index (κ2) is 4.25. The van der Waals surface area contributed by atoms with Gasteiger partial charge >= 0.3 is 0 Å². The predicted octanol–water partition coefficient (Wildman–Crippen LogP) is 0.588. The average molecular weight is 221 g/mol. The van der Waals surface area contributed by atoms with Gasteiger partial charge in [0.2, 0.25) is 0 Å². The fourth-order valence-electron chi connectivity index (χ4n) is 2.13. The molecular formula is C11H19N5. The summed E-state index contributed by atoms with van der Waals surface area (Å²) in [5, 5.41) is 0. The summed E-state index contributed by atoms with van der Waals surface area (Å²) in [6.07, 6.45) is 1.53. The van der Waals surface area contributed by atoms with Crippen LogP contribution in [0.2, 0.25) is 0 Å². The fourth-order valence-corrected chi connectivity index (χ4v) is 2.13. The highest BCUT2D eigenvalue weighted by atomic mass is 15.3. The van der Waals surface area contributed by atoms with Crippen LogP contribution in [0.4, 0.5) is 11.6 Å². The lowest BCUT2D eigenvalue weighted by atomic mass is 10.1. The summed E-state index contributed by atoms with van der Waals surface area (Å²) in [5.74, 6) is 1.46. The van der Waals surface area contributed by atoms with Crippen molar-refractivity contribution in [2.75, 3.05) is 30.8 Å². The van der Waals surface area contributed by atoms with Gasteiger partial charge in [-0.05, 0) is 20.9 Å². The molecule has 0 spiro atoms. The summed E-state index contributed by atoms with van der Waals surface area (Å²) in [6.45, 7) is 6.43. The van der Waals surface area contributed by atoms with E-state index in [1.165, 1.54) is 6.33 Å². The molecule has 0 amide bonds. The number of hydrogen-bond acceptors (Lipinski definition) is 5. The van der Waals surface area contributed by atoms with Gasteiger partial charge in [-0.25, -0.2) is 9.97 Å². The van der Waals surface area contributed by atoms with Gasteiger partial charge in [0.15, 0.2) is 0 Å². The van der Waals surface area contributed by atoms with Crippen LogP contribution in [0.3, 0.4) is 0 Å². The molecule has 0 radical (unpaired) electrons. The minimum Gasteiger partial charge on any atom is -0.384 e. The molecule has 1 aromatic rings. The number of rotatable bonds is 1. The molecule has 2 atom stereocenters. The van der Waals surface area contributed by atoms with E-state index in [2.05, 4.69) is 40.7 Å². The SMILES string of the molecule is C[C@@H]1CN(c2cc(N)ncn2)C[C@H](C)N1C. The van der Waals surface area contributed by atoms with Crippen LogP contribution in [0.5, 0.6) is 0 Å². The van der Waals surface area contributed by atoms with Gasteiger partial charge in [-0.3, -0.25) is 4.90 Å². The molecule has 2 N–H and O–H groups in total. The Kier molecular flexibility index (Phi) is 2.96. The van der Waals surface area contributed by atoms with Crippen LogP contribution in [0.25, 0.3) is 0 Å². The van der Waals surface area contributed by atoms with E-state index in [0.29, 0.717) is 17.9 Å². The van der Waals surface area contributed by atoms with E-state index in [1.54, 1.807) is 0 Å². The van der Waals surface area contributed by atoms with Crippen molar-refractivity contribution in [1.82, 2.24) is 14.9 Å². The van der Waals surface area contributed by atoms with Gasteiger partial charge < -0.3 is 10.6 Å². The largest absolute Gasteiger partial charge is 0.384 e. The van der Waals surface area contributed by atoms with Gasteiger partial charge in [-0.15, -0.1) is 0 Å². The minimum absolute atomic E-state index is 0.528. The Hall–Kier alpha value is -1.36. The van der Waals surface area contributed by atoms with E-state index in [9.17, 15) is 0 Å². The van der Waals surface area contributed by atoms with Crippen molar-refractivity contribution in [2.45, 2.75) is 25.9 Å². The zero-order valence-electron chi connectivity index (χ0n) is 10.1. The monoisotopic (exact) mass is 221 g/mol. The molecule has 0 aliphatic carbocycles. The molecule has 0 saturated carbocycles. The van der Waals surface area contributed by atoms with E-state index < -0.39 is 0 Å². The van der Waals surface area contributed by atoms with Gasteiger partial charge in [0, 0.05) is 31.2 Å². The Morgan fingerprint density at radius 1 is 1.25 bits per heavy atom. The molecule has 2 heterocycles. The van der Waals surface area contributed by atoms with Crippen LogP contribution < -0.4 is 10.6 Å². The molecule has 16 heavy (non-hydrogen) atoms. The molecular weight excluding hydrogens is 202 g/mol. The number of likely N-dealkylation sites (N-methyl/N-ethyl adjacent to an activating group) is 1. The van der Waals surface area contributed by atoms with E-state index in [4.69, 9.17) is 5.73 Å². The maximum Gasteiger partial charge on any atom is 0.134 e. The van der Waals surface area contributed by atoms with Crippen molar-refractivity contribution in [2.24, 2.45) is 0 Å². The number of nitrogen functional groups attached to an aromatic ring is 1. The maximum atomic E-state index is 5.67. The minimum atomic E-state index is 0.528. The van der Waals surface area contributed by atoms with E-state index in [-0.39, 0.29) is 0 Å². The lowest BCUT2D eigenvalue weighted by molar-refractivity contribution is 0.169. The lowest BCUT2D eigenvalue weighted by Gasteiger charge is -2.42. The van der Waals surface area contributed by atoms with Crippen molar-refractivity contribution in [3.05, 3.63) is 12.4 Å². The molecule has 1 aliphatic rings. The van der Waals surface area contributed by atoms with Crippen LogP contribution in [0.15, 0.2) is 12.4 Å². The number of piperazine rings is 1. The van der Waals surface area contributed by atoms with Crippen LogP contribution in [-0.2, 0) is 0 Å². The van der Waals surface area contributed by atoms with Crippen molar-refractivity contribution in [1.29, 1.82) is 0 Å². The second-order valence-electron chi connectivity index (χ2n) is 4.57. The normalized spacial score (nSPS) is 27.1. The third-order valence-corrected chi connectivity index (χ3v) is 3.36. The summed E-state index contributed by atoms with van der Waals surface area (Å²) in [5.41, 5.74) is 5.67. The molecule has 1 aromatic heterocycles. The fraction of sp³-hybridized carbons (Fsp3) is 0.636. The van der Waals surface area contributed by atoms with Crippen LogP contribution in [-0.4, -0.2) is 47.1 Å². The Morgan fingerprint density at radius 3 is 2.44 bits per heavy atom. The summed E-state index contributed by atoms with van der Waals surface area (Å²) in [6, 6.07) is 2.89. The first kappa shape index (κ1) is 11.1. The van der Waals surface area contributed by atoms with Crippen molar-refractivity contribution >= 4 is 11.6 Å². The summed E-state index contributed by atoms with van der Waals surface area (Å²) in [4.78, 5) is 12.9. The highest BCUT2D eigenvalue weighted by Gasteiger charge is 2.27. The standard InChI is InChI=1S/C11H19N5/c1-8-5-16(6-9(2)15(8)3)11-4-10(12)13-7-14-11/h4,7-9H,5-6H2,1-3H3,(H2,12,13,14)/t8-,9+. The van der Waals surface area contributed by atoms with Crippen molar-refractivity contribution in [3.63, 3.8) is 0 Å². The highest BCUT2D eigenvalue weighted by Crippen LogP contribution is 2.19. The molecule has 0 aromatic carbocycles. The lowest BCUT2D eigenvalue weighted by Crippen LogP contribution is -2.55. The molecule has 1 saturated heterocycles. The number of nitrogens with zero attached hydrogens (tertiary/aromatic N) is 4. The maximum absolute atomic E-state index is 5.67. The Balaban J connectivity index is 2.17. The van der Waals surface area contributed by atoms with E-state index in [1.807, 2.05) is 6.07 Å². The topological polar surface area (TPSA) is 58.3 Å². The molecule has 1 aliphatic heterocycles. The third kappa shape index (κ3) is 2.09. The van der Waals surface area contributed by atoms with Crippen molar-refractivity contribution < 1.29 is 0 Å². The smallest absolute Gasteiger partial charge is 0.134 e. The Bertz CT molecular complexity index is 355. The number of hydrogen-bond donors (Lipinski definition) is 1. The van der Waals surface area contributed by atoms with Crippen LogP contribution >= 0.6 is 0 Å². The molecule has 5 nitrogen and oxygen atoms in total. The van der Waals surface area contributed by atoms with Gasteiger partial charge in [-0.1, -0.05) is 0 Å². The quantitative estimate of drug-likeness (QED) is 0.752. The van der Waals surface area contributed by atoms with E-state index >= 15 is 0 Å². The average Bonchev–Trinajstić information content (AvgIpc) is 2.25. The third-order valence-electron chi connectivity index (χ3n) is 3.36. The zero-order valence-corrected chi connectivity index (χ0v) is 10.1. The van der Waals surface area contributed by atoms with E-state index in [0.717, 1.165) is 18.9 Å². The first-order valence-corrected chi connectivity index (χ1v) is 5.62. The number of anilines is 2. The predicted molar refractivity (Wildman–Crippen MR) is 65.3 cm³/mol. The van der Waals surface area contributed by atoms with Crippen LogP contribution in [0.1, 0.15) is 13.8 Å². The van der Waals surface area contributed by atoms with Gasteiger partial charge in [0.1, 0.15) is 18.0 Å².